The number of hydrogen-bond acceptors (Lipinski definition) is 4. The second-order valence-electron chi connectivity index (χ2n) is 4.95. The van der Waals surface area contributed by atoms with Gasteiger partial charge in [-0.3, -0.25) is 4.79 Å². The summed E-state index contributed by atoms with van der Waals surface area (Å²) in [7, 11) is 1.80. The molecule has 0 fully saturated rings. The van der Waals surface area contributed by atoms with Gasteiger partial charge in [0.1, 0.15) is 0 Å². The molecule has 3 rings (SSSR count). The van der Waals surface area contributed by atoms with Crippen LogP contribution in [0.5, 0.6) is 0 Å². The minimum Gasteiger partial charge on any atom is -0.329 e. The van der Waals surface area contributed by atoms with E-state index in [0.29, 0.717) is 13.0 Å². The standard InChI is InChI=1S/C15H16N4O/c1-19-14-5-4-10(7-11(14)8-15(19)20)12(9-16)13-3-2-6-17-18-13/h2-7,12H,8-9,16H2,1H3. The molecule has 5 heteroatoms. The number of anilines is 1. The van der Waals surface area contributed by atoms with E-state index in [1.807, 2.05) is 24.3 Å². The Morgan fingerprint density at radius 3 is 2.95 bits per heavy atom. The molecule has 102 valence electrons. The predicted octanol–water partition coefficient (Wildman–Crippen LogP) is 1.09. The first-order valence-corrected chi connectivity index (χ1v) is 6.57. The van der Waals surface area contributed by atoms with Gasteiger partial charge < -0.3 is 10.6 Å². The zero-order valence-electron chi connectivity index (χ0n) is 11.3. The molecule has 0 bridgehead atoms. The van der Waals surface area contributed by atoms with Crippen molar-refractivity contribution in [1.29, 1.82) is 0 Å². The van der Waals surface area contributed by atoms with E-state index < -0.39 is 0 Å². The van der Waals surface area contributed by atoms with Gasteiger partial charge in [0.25, 0.3) is 0 Å². The number of amides is 1. The summed E-state index contributed by atoms with van der Waals surface area (Å²) in [6, 6.07) is 9.84. The fraction of sp³-hybridized carbons (Fsp3) is 0.267. The predicted molar refractivity (Wildman–Crippen MR) is 76.5 cm³/mol. The van der Waals surface area contributed by atoms with Gasteiger partial charge in [-0.2, -0.15) is 10.2 Å². The molecule has 1 aromatic carbocycles. The van der Waals surface area contributed by atoms with Gasteiger partial charge in [0.05, 0.1) is 12.1 Å². The Bertz CT molecular complexity index is 642. The number of likely N-dealkylation sites (N-methyl/N-ethyl adjacent to an activating group) is 1. The van der Waals surface area contributed by atoms with Crippen LogP contribution in [0.3, 0.4) is 0 Å². The van der Waals surface area contributed by atoms with E-state index >= 15 is 0 Å². The fourth-order valence-electron chi connectivity index (χ4n) is 2.63. The Balaban J connectivity index is 1.99. The van der Waals surface area contributed by atoms with Crippen LogP contribution < -0.4 is 10.6 Å². The third kappa shape index (κ3) is 2.06. The van der Waals surface area contributed by atoms with Crippen LogP contribution in [0.25, 0.3) is 0 Å². The third-order valence-corrected chi connectivity index (χ3v) is 3.77. The first kappa shape index (κ1) is 12.7. The van der Waals surface area contributed by atoms with Gasteiger partial charge in [-0.15, -0.1) is 0 Å². The first-order valence-electron chi connectivity index (χ1n) is 6.57. The van der Waals surface area contributed by atoms with Crippen LogP contribution in [-0.2, 0) is 11.2 Å². The zero-order chi connectivity index (χ0) is 14.1. The molecule has 2 aromatic rings. The van der Waals surface area contributed by atoms with Crippen LogP contribution >= 0.6 is 0 Å². The van der Waals surface area contributed by atoms with Gasteiger partial charge >= 0.3 is 0 Å². The van der Waals surface area contributed by atoms with Gasteiger partial charge in [0.15, 0.2) is 0 Å². The summed E-state index contributed by atoms with van der Waals surface area (Å²) < 4.78 is 0. The molecule has 1 amide bonds. The molecule has 2 heterocycles. The number of nitrogens with two attached hydrogens (primary N) is 1. The minimum absolute atomic E-state index is 0.00927. The van der Waals surface area contributed by atoms with E-state index in [2.05, 4.69) is 16.3 Å². The lowest BCUT2D eigenvalue weighted by Gasteiger charge is -2.16. The summed E-state index contributed by atoms with van der Waals surface area (Å²) in [5.41, 5.74) is 9.86. The molecule has 0 spiro atoms. The van der Waals surface area contributed by atoms with Crippen molar-refractivity contribution in [2.75, 3.05) is 18.5 Å². The monoisotopic (exact) mass is 268 g/mol. The largest absolute Gasteiger partial charge is 0.329 e. The van der Waals surface area contributed by atoms with Crippen molar-refractivity contribution in [3.05, 3.63) is 53.3 Å². The van der Waals surface area contributed by atoms with E-state index in [-0.39, 0.29) is 11.8 Å². The molecule has 2 N–H and O–H groups in total. The third-order valence-electron chi connectivity index (χ3n) is 3.77. The zero-order valence-corrected chi connectivity index (χ0v) is 11.3. The molecular weight excluding hydrogens is 252 g/mol. The topological polar surface area (TPSA) is 72.1 Å². The highest BCUT2D eigenvalue weighted by Crippen LogP contribution is 2.31. The number of aromatic nitrogens is 2. The number of fused-ring (bicyclic) bond motifs is 1. The van der Waals surface area contributed by atoms with Crippen molar-refractivity contribution < 1.29 is 4.79 Å². The maximum atomic E-state index is 11.7. The Kier molecular flexibility index (Phi) is 3.20. The van der Waals surface area contributed by atoms with Crippen molar-refractivity contribution in [2.45, 2.75) is 12.3 Å². The summed E-state index contributed by atoms with van der Waals surface area (Å²) in [5, 5.41) is 8.05. The molecule has 0 radical (unpaired) electrons. The molecule has 0 saturated heterocycles. The van der Waals surface area contributed by atoms with E-state index in [4.69, 9.17) is 5.73 Å². The van der Waals surface area contributed by atoms with Crippen LogP contribution in [0.15, 0.2) is 36.5 Å². The summed E-state index contributed by atoms with van der Waals surface area (Å²) in [6.45, 7) is 0.460. The summed E-state index contributed by atoms with van der Waals surface area (Å²) in [4.78, 5) is 13.4. The number of hydrogen-bond donors (Lipinski definition) is 1. The highest BCUT2D eigenvalue weighted by atomic mass is 16.2. The van der Waals surface area contributed by atoms with Crippen LogP contribution in [0.4, 0.5) is 5.69 Å². The lowest BCUT2D eigenvalue weighted by molar-refractivity contribution is -0.117. The molecule has 1 unspecified atom stereocenters. The van der Waals surface area contributed by atoms with E-state index in [0.717, 1.165) is 22.5 Å². The Labute approximate surface area is 117 Å². The highest BCUT2D eigenvalue weighted by Gasteiger charge is 2.25. The van der Waals surface area contributed by atoms with Gasteiger partial charge in [-0.25, -0.2) is 0 Å². The Morgan fingerprint density at radius 2 is 2.25 bits per heavy atom. The number of carbonyl (C=O) groups is 1. The van der Waals surface area contributed by atoms with Crippen molar-refractivity contribution in [3.8, 4) is 0 Å². The Hall–Kier alpha value is -2.27. The molecule has 1 aliphatic rings. The second-order valence-corrected chi connectivity index (χ2v) is 4.95. The molecular formula is C15H16N4O. The average molecular weight is 268 g/mol. The number of nitrogens with zero attached hydrogens (tertiary/aromatic N) is 3. The van der Waals surface area contributed by atoms with Crippen molar-refractivity contribution in [2.24, 2.45) is 5.73 Å². The SMILES string of the molecule is CN1C(=O)Cc2cc(C(CN)c3cccnn3)ccc21. The van der Waals surface area contributed by atoms with Crippen molar-refractivity contribution in [1.82, 2.24) is 10.2 Å². The molecule has 1 atom stereocenters. The van der Waals surface area contributed by atoms with Crippen LogP contribution in [0.2, 0.25) is 0 Å². The van der Waals surface area contributed by atoms with Crippen molar-refractivity contribution >= 4 is 11.6 Å². The maximum Gasteiger partial charge on any atom is 0.231 e. The van der Waals surface area contributed by atoms with E-state index in [1.54, 1.807) is 18.1 Å². The first-order chi connectivity index (χ1) is 9.70. The van der Waals surface area contributed by atoms with Crippen LogP contribution in [0.1, 0.15) is 22.7 Å². The number of rotatable bonds is 3. The molecule has 5 nitrogen and oxygen atoms in total. The van der Waals surface area contributed by atoms with Gasteiger partial charge in [-0.05, 0) is 29.3 Å². The van der Waals surface area contributed by atoms with E-state index in [9.17, 15) is 4.79 Å². The highest BCUT2D eigenvalue weighted by molar-refractivity contribution is 6.00. The van der Waals surface area contributed by atoms with Gasteiger partial charge in [0.2, 0.25) is 5.91 Å². The van der Waals surface area contributed by atoms with Gasteiger partial charge in [0, 0.05) is 31.4 Å². The Morgan fingerprint density at radius 1 is 1.40 bits per heavy atom. The van der Waals surface area contributed by atoms with E-state index in [1.165, 1.54) is 0 Å². The summed E-state index contributed by atoms with van der Waals surface area (Å²) in [5.74, 6) is 0.135. The molecule has 20 heavy (non-hydrogen) atoms. The fourth-order valence-corrected chi connectivity index (χ4v) is 2.63. The van der Waals surface area contributed by atoms with Gasteiger partial charge in [-0.1, -0.05) is 12.1 Å². The minimum atomic E-state index is 0.00927. The smallest absolute Gasteiger partial charge is 0.231 e. The normalized spacial score (nSPS) is 15.3. The summed E-state index contributed by atoms with van der Waals surface area (Å²) in [6.07, 6.45) is 2.10. The molecule has 0 saturated carbocycles. The van der Waals surface area contributed by atoms with Crippen molar-refractivity contribution in [3.63, 3.8) is 0 Å². The summed E-state index contributed by atoms with van der Waals surface area (Å²) >= 11 is 0. The molecule has 1 aromatic heterocycles. The lowest BCUT2D eigenvalue weighted by atomic mass is 9.93. The quantitative estimate of drug-likeness (QED) is 0.904. The maximum absolute atomic E-state index is 11.7. The number of carbonyl (C=O) groups excluding carboxylic acids is 1. The average Bonchev–Trinajstić information content (AvgIpc) is 2.76. The molecule has 1 aliphatic heterocycles. The molecule has 0 aliphatic carbocycles. The lowest BCUT2D eigenvalue weighted by Crippen LogP contribution is -2.20. The van der Waals surface area contributed by atoms with Crippen LogP contribution in [0, 0.1) is 0 Å². The number of benzene rings is 1. The second kappa shape index (κ2) is 5.02. The van der Waals surface area contributed by atoms with Crippen LogP contribution in [-0.4, -0.2) is 29.7 Å².